The molecule has 0 aliphatic carbocycles. The quantitative estimate of drug-likeness (QED) is 0.681. The van der Waals surface area contributed by atoms with Crippen LogP contribution >= 0.6 is 12.4 Å². The van der Waals surface area contributed by atoms with Crippen molar-refractivity contribution in [2.75, 3.05) is 33.2 Å². The average Bonchev–Trinajstić information content (AvgIpc) is 2.45. The van der Waals surface area contributed by atoms with Crippen molar-refractivity contribution in [1.29, 1.82) is 0 Å². The Morgan fingerprint density at radius 3 is 2.43 bits per heavy atom. The molecule has 7 heteroatoms. The molecule has 6 nitrogen and oxygen atoms in total. The van der Waals surface area contributed by atoms with Gasteiger partial charge in [-0.2, -0.15) is 0 Å². The third-order valence-corrected chi connectivity index (χ3v) is 3.95. The number of hydrogen-bond acceptors (Lipinski definition) is 4. The van der Waals surface area contributed by atoms with Gasteiger partial charge < -0.3 is 10.6 Å². The minimum absolute atomic E-state index is 0. The Kier molecular flexibility index (Phi) is 10.4. The number of piperidine rings is 1. The maximum absolute atomic E-state index is 12.0. The van der Waals surface area contributed by atoms with E-state index in [0.29, 0.717) is 6.54 Å². The van der Waals surface area contributed by atoms with Gasteiger partial charge in [0, 0.05) is 6.54 Å². The molecule has 3 amide bonds. The Bertz CT molecular complexity index is 320. The maximum Gasteiger partial charge on any atom is 0.321 e. The summed E-state index contributed by atoms with van der Waals surface area (Å²) < 4.78 is 0. The summed E-state index contributed by atoms with van der Waals surface area (Å²) in [5.41, 5.74) is 0. The van der Waals surface area contributed by atoms with Gasteiger partial charge in [0.05, 0.1) is 6.04 Å². The first-order chi connectivity index (χ1) is 9.58. The average molecular weight is 321 g/mol. The number of halogens is 1. The van der Waals surface area contributed by atoms with Gasteiger partial charge in [-0.1, -0.05) is 0 Å². The number of rotatable bonds is 6. The molecule has 1 atom stereocenters. The number of nitrogens with zero attached hydrogens (tertiary/aromatic N) is 1. The second kappa shape index (κ2) is 10.8. The summed E-state index contributed by atoms with van der Waals surface area (Å²) in [6.45, 7) is 7.12. The molecular formula is C14H29ClN4O2. The van der Waals surface area contributed by atoms with Crippen LogP contribution in [-0.4, -0.2) is 56.1 Å². The van der Waals surface area contributed by atoms with Crippen LogP contribution in [0.15, 0.2) is 0 Å². The van der Waals surface area contributed by atoms with Gasteiger partial charge in [-0.25, -0.2) is 4.79 Å². The molecule has 21 heavy (non-hydrogen) atoms. The lowest BCUT2D eigenvalue weighted by Gasteiger charge is -2.35. The van der Waals surface area contributed by atoms with Gasteiger partial charge in [0.15, 0.2) is 0 Å². The molecule has 0 saturated carbocycles. The number of carbonyl (C=O) groups excluding carboxylic acids is 2. The second-order valence-electron chi connectivity index (χ2n) is 5.40. The number of amides is 3. The minimum Gasteiger partial charge on any atom is -0.338 e. The first kappa shape index (κ1) is 20.1. The fourth-order valence-electron chi connectivity index (χ4n) is 2.56. The Balaban J connectivity index is 0.00000400. The van der Waals surface area contributed by atoms with Gasteiger partial charge in [-0.05, 0) is 65.7 Å². The fraction of sp³-hybridized carbons (Fsp3) is 0.857. The molecule has 1 rings (SSSR count). The first-order valence-electron chi connectivity index (χ1n) is 7.55. The minimum atomic E-state index is -0.409. The monoisotopic (exact) mass is 320 g/mol. The molecule has 1 saturated heterocycles. The Morgan fingerprint density at radius 1 is 1.29 bits per heavy atom. The molecule has 0 radical (unpaired) electrons. The molecule has 0 aromatic heterocycles. The summed E-state index contributed by atoms with van der Waals surface area (Å²) in [4.78, 5) is 25.5. The zero-order valence-corrected chi connectivity index (χ0v) is 14.1. The predicted octanol–water partition coefficient (Wildman–Crippen LogP) is 0.964. The number of imide groups is 1. The number of carbonyl (C=O) groups is 2. The van der Waals surface area contributed by atoms with Crippen LogP contribution in [-0.2, 0) is 4.79 Å². The van der Waals surface area contributed by atoms with Crippen molar-refractivity contribution in [3.05, 3.63) is 0 Å². The summed E-state index contributed by atoms with van der Waals surface area (Å²) in [5.74, 6) is 0.530. The highest BCUT2D eigenvalue weighted by molar-refractivity contribution is 5.96. The van der Waals surface area contributed by atoms with Gasteiger partial charge in [0.2, 0.25) is 5.91 Å². The van der Waals surface area contributed by atoms with Crippen molar-refractivity contribution in [2.24, 2.45) is 5.92 Å². The van der Waals surface area contributed by atoms with Gasteiger partial charge >= 0.3 is 6.03 Å². The molecule has 0 spiro atoms. The normalized spacial score (nSPS) is 17.7. The summed E-state index contributed by atoms with van der Waals surface area (Å²) in [5, 5.41) is 8.13. The number of nitrogens with one attached hydrogen (secondary N) is 3. The predicted molar refractivity (Wildman–Crippen MR) is 86.8 cm³/mol. The molecule has 3 N–H and O–H groups in total. The van der Waals surface area contributed by atoms with E-state index in [9.17, 15) is 9.59 Å². The molecule has 124 valence electrons. The number of likely N-dealkylation sites (tertiary alicyclic amines) is 1. The largest absolute Gasteiger partial charge is 0.338 e. The molecule has 1 aliphatic rings. The number of hydrogen-bond donors (Lipinski definition) is 3. The van der Waals surface area contributed by atoms with E-state index in [4.69, 9.17) is 0 Å². The standard InChI is InChI=1S/C14H28N4O2.ClH/c1-4-16-14(20)17-13(19)11(2)18-9-6-12(7-10-18)5-8-15-3;/h11-12,15H,4-10H2,1-3H3,(H2,16,17,19,20);1H. The van der Waals surface area contributed by atoms with Crippen molar-refractivity contribution in [2.45, 2.75) is 39.2 Å². The zero-order chi connectivity index (χ0) is 15.0. The van der Waals surface area contributed by atoms with Crippen molar-refractivity contribution in [3.8, 4) is 0 Å². The molecule has 1 unspecified atom stereocenters. The fourth-order valence-corrected chi connectivity index (χ4v) is 2.56. The highest BCUT2D eigenvalue weighted by Crippen LogP contribution is 2.21. The van der Waals surface area contributed by atoms with E-state index in [-0.39, 0.29) is 24.4 Å². The molecular weight excluding hydrogens is 292 g/mol. The van der Waals surface area contributed by atoms with Gasteiger partial charge in [0.25, 0.3) is 0 Å². The smallest absolute Gasteiger partial charge is 0.321 e. The van der Waals surface area contributed by atoms with E-state index in [0.717, 1.165) is 38.4 Å². The molecule has 1 heterocycles. The van der Waals surface area contributed by atoms with Crippen molar-refractivity contribution in [3.63, 3.8) is 0 Å². The topological polar surface area (TPSA) is 73.5 Å². The van der Waals surface area contributed by atoms with E-state index in [1.54, 1.807) is 0 Å². The van der Waals surface area contributed by atoms with Gasteiger partial charge in [-0.15, -0.1) is 12.4 Å². The van der Waals surface area contributed by atoms with Crippen LogP contribution in [0.25, 0.3) is 0 Å². The lowest BCUT2D eigenvalue weighted by atomic mass is 9.93. The highest BCUT2D eigenvalue weighted by Gasteiger charge is 2.27. The summed E-state index contributed by atoms with van der Waals surface area (Å²) >= 11 is 0. The lowest BCUT2D eigenvalue weighted by molar-refractivity contribution is -0.125. The Labute approximate surface area is 133 Å². The third-order valence-electron chi connectivity index (χ3n) is 3.95. The van der Waals surface area contributed by atoms with Crippen LogP contribution in [0.4, 0.5) is 4.79 Å². The van der Waals surface area contributed by atoms with Crippen molar-refractivity contribution >= 4 is 24.3 Å². The maximum atomic E-state index is 12.0. The highest BCUT2D eigenvalue weighted by atomic mass is 35.5. The van der Waals surface area contributed by atoms with Crippen LogP contribution < -0.4 is 16.0 Å². The van der Waals surface area contributed by atoms with E-state index in [1.165, 1.54) is 6.42 Å². The van der Waals surface area contributed by atoms with Crippen LogP contribution in [0.3, 0.4) is 0 Å². The van der Waals surface area contributed by atoms with Crippen LogP contribution in [0.1, 0.15) is 33.1 Å². The van der Waals surface area contributed by atoms with Gasteiger partial charge in [0.1, 0.15) is 0 Å². The van der Waals surface area contributed by atoms with Crippen molar-refractivity contribution in [1.82, 2.24) is 20.9 Å². The van der Waals surface area contributed by atoms with E-state index in [1.807, 2.05) is 20.9 Å². The SMILES string of the molecule is CCNC(=O)NC(=O)C(C)N1CCC(CCNC)CC1.Cl. The van der Waals surface area contributed by atoms with Crippen LogP contribution in [0, 0.1) is 5.92 Å². The molecule has 1 fully saturated rings. The van der Waals surface area contributed by atoms with E-state index >= 15 is 0 Å². The molecule has 0 bridgehead atoms. The third kappa shape index (κ3) is 7.11. The molecule has 0 aromatic carbocycles. The second-order valence-corrected chi connectivity index (χ2v) is 5.40. The Hall–Kier alpha value is -0.850. The van der Waals surface area contributed by atoms with Gasteiger partial charge in [-0.3, -0.25) is 15.0 Å². The molecule has 0 aromatic rings. The van der Waals surface area contributed by atoms with Crippen molar-refractivity contribution < 1.29 is 9.59 Å². The van der Waals surface area contributed by atoms with Crippen LogP contribution in [0.5, 0.6) is 0 Å². The number of urea groups is 1. The first-order valence-corrected chi connectivity index (χ1v) is 7.55. The Morgan fingerprint density at radius 2 is 1.90 bits per heavy atom. The van der Waals surface area contributed by atoms with E-state index < -0.39 is 6.03 Å². The lowest BCUT2D eigenvalue weighted by Crippen LogP contribution is -2.51. The summed E-state index contributed by atoms with van der Waals surface area (Å²) in [6.07, 6.45) is 3.45. The van der Waals surface area contributed by atoms with Crippen LogP contribution in [0.2, 0.25) is 0 Å². The molecule has 1 aliphatic heterocycles. The van der Waals surface area contributed by atoms with E-state index in [2.05, 4.69) is 20.9 Å². The summed E-state index contributed by atoms with van der Waals surface area (Å²) in [7, 11) is 1.98. The summed E-state index contributed by atoms with van der Waals surface area (Å²) in [6, 6.07) is -0.656. The zero-order valence-electron chi connectivity index (χ0n) is 13.3.